The van der Waals surface area contributed by atoms with Gasteiger partial charge >= 0.3 is 5.97 Å². The lowest BCUT2D eigenvalue weighted by molar-refractivity contribution is -0.265. The molecular formula is C54H85NO13. The normalized spacial score (nSPS) is 40.6. The molecule has 0 spiro atoms. The smallest absolute Gasteiger partial charge is 0.329 e. The number of Topliss-reactive ketones (excluding diaryl/α,β-unsaturated/α-hetero) is 2. The van der Waals surface area contributed by atoms with Crippen LogP contribution in [0.2, 0.25) is 0 Å². The Morgan fingerprint density at radius 2 is 1.69 bits per heavy atom. The number of hydrogen-bond donors (Lipinski definition) is 3. The lowest BCUT2D eigenvalue weighted by Gasteiger charge is -2.42. The van der Waals surface area contributed by atoms with Crippen molar-refractivity contribution in [3.05, 3.63) is 59.8 Å². The molecule has 2 bridgehead atoms. The fourth-order valence-electron chi connectivity index (χ4n) is 10.3. The fraction of sp³-hybridized carbons (Fsp3) is 0.741. The van der Waals surface area contributed by atoms with Crippen LogP contribution in [0.1, 0.15) is 132 Å². The zero-order chi connectivity index (χ0) is 54.6. The van der Waals surface area contributed by atoms with Crippen molar-refractivity contribution in [3.63, 3.8) is 0 Å². The van der Waals surface area contributed by atoms with Gasteiger partial charge in [0.15, 0.2) is 0 Å². The quantitative estimate of drug-likeness (QED) is 0.120. The number of methoxy groups -OCH3 is 3. The monoisotopic (exact) mass is 961 g/mol. The van der Waals surface area contributed by atoms with E-state index in [2.05, 4.69) is 6.58 Å². The molecule has 0 unspecified atom stereocenters. The highest BCUT2D eigenvalue weighted by Gasteiger charge is 2.53. The number of aliphatic hydroxyl groups is 3. The Hall–Kier alpha value is -3.34. The van der Waals surface area contributed by atoms with Gasteiger partial charge in [-0.15, -0.1) is 0 Å². The number of carbonyl (C=O) groups excluding carboxylic acids is 4. The minimum Gasteiger partial charge on any atom is -0.460 e. The number of piperidine rings is 1. The van der Waals surface area contributed by atoms with Crippen molar-refractivity contribution in [3.8, 4) is 0 Å². The van der Waals surface area contributed by atoms with Crippen molar-refractivity contribution < 1.29 is 69.8 Å². The summed E-state index contributed by atoms with van der Waals surface area (Å²) in [5.74, 6) is -9.81. The molecule has 0 aromatic rings. The number of ketones is 2. The van der Waals surface area contributed by atoms with E-state index in [0.29, 0.717) is 63.4 Å². The van der Waals surface area contributed by atoms with Gasteiger partial charge in [0.25, 0.3) is 11.7 Å². The largest absolute Gasteiger partial charge is 0.460 e. The van der Waals surface area contributed by atoms with Gasteiger partial charge < -0.3 is 48.6 Å². The predicted molar refractivity (Wildman–Crippen MR) is 260 cm³/mol. The number of rotatable bonds is 9. The summed E-state index contributed by atoms with van der Waals surface area (Å²) < 4.78 is 76.9. The van der Waals surface area contributed by atoms with Crippen LogP contribution >= 0.6 is 0 Å². The van der Waals surface area contributed by atoms with Crippen LogP contribution in [0.15, 0.2) is 59.8 Å². The lowest BCUT2D eigenvalue weighted by atomic mass is 9.78. The second-order valence-electron chi connectivity index (χ2n) is 19.8. The SMILES string of the molecule is [2H]C([2H])(CO)O[C@@H]1CC[C@@H](C[C@@H](C)[C@@H]2CC(=O)[C@H](C([2H])([2H])[2H])/C=C(\C)[C@@H](O)[C@@H](OC)C(=C)[C@H](C)C[C@H](C)/C=C/C=C/C=C(\C)[C@@H](OC)C[C@@H]3CC[C@@H](C)[C@@](O)(O3)C(=O)C(=O)N3CCCC[C@H]3C(=O)O2)C[C@H]1OC. The minimum absolute atomic E-state index is 0.00610. The van der Waals surface area contributed by atoms with Crippen molar-refractivity contribution in [2.24, 2.45) is 35.5 Å². The van der Waals surface area contributed by atoms with Gasteiger partial charge in [-0.25, -0.2) is 4.79 Å². The molecule has 15 atom stereocenters. The average Bonchev–Trinajstić information content (AvgIpc) is 3.34. The van der Waals surface area contributed by atoms with Crippen LogP contribution in [0.3, 0.4) is 0 Å². The summed E-state index contributed by atoms with van der Waals surface area (Å²) in [7, 11) is 4.47. The summed E-state index contributed by atoms with van der Waals surface area (Å²) in [6, 6.07) is -1.29. The molecule has 384 valence electrons. The van der Waals surface area contributed by atoms with Crippen LogP contribution in [0, 0.1) is 35.5 Å². The van der Waals surface area contributed by atoms with Crippen LogP contribution in [-0.4, -0.2) is 139 Å². The van der Waals surface area contributed by atoms with Gasteiger partial charge in [0.1, 0.15) is 30.1 Å². The Labute approximate surface area is 413 Å². The number of hydrogen-bond acceptors (Lipinski definition) is 13. The van der Waals surface area contributed by atoms with E-state index in [-0.39, 0.29) is 42.7 Å². The molecule has 14 nitrogen and oxygen atoms in total. The van der Waals surface area contributed by atoms with Crippen molar-refractivity contribution in [2.75, 3.05) is 41.0 Å². The third-order valence-corrected chi connectivity index (χ3v) is 14.7. The zero-order valence-corrected chi connectivity index (χ0v) is 42.0. The number of ether oxygens (including phenoxy) is 6. The maximum Gasteiger partial charge on any atom is 0.329 e. The maximum absolute atomic E-state index is 14.6. The highest BCUT2D eigenvalue weighted by molar-refractivity contribution is 6.39. The molecule has 68 heavy (non-hydrogen) atoms. The summed E-state index contributed by atoms with van der Waals surface area (Å²) >= 11 is 0. The second kappa shape index (κ2) is 27.3. The summed E-state index contributed by atoms with van der Waals surface area (Å²) in [5.41, 5.74) is 1.61. The Morgan fingerprint density at radius 3 is 2.37 bits per heavy atom. The molecule has 3 N–H and O–H groups in total. The van der Waals surface area contributed by atoms with Gasteiger partial charge in [0.2, 0.25) is 5.79 Å². The molecular weight excluding hydrogens is 871 g/mol. The van der Waals surface area contributed by atoms with Crippen molar-refractivity contribution in [1.82, 2.24) is 4.90 Å². The van der Waals surface area contributed by atoms with Crippen LogP contribution < -0.4 is 0 Å². The molecule has 0 radical (unpaired) electrons. The minimum atomic E-state index is -2.90. The van der Waals surface area contributed by atoms with Gasteiger partial charge in [-0.1, -0.05) is 77.6 Å². The van der Waals surface area contributed by atoms with Crippen LogP contribution in [-0.2, 0) is 47.6 Å². The van der Waals surface area contributed by atoms with E-state index in [0.717, 1.165) is 10.5 Å². The first-order valence-corrected chi connectivity index (χ1v) is 24.6. The molecule has 0 aromatic carbocycles. The first-order valence-electron chi connectivity index (χ1n) is 27.1. The number of aliphatic hydroxyl groups excluding tert-OH is 2. The van der Waals surface area contributed by atoms with Gasteiger partial charge in [-0.05, 0) is 118 Å². The molecule has 1 amide bonds. The van der Waals surface area contributed by atoms with E-state index >= 15 is 0 Å². The second-order valence-corrected chi connectivity index (χ2v) is 19.8. The van der Waals surface area contributed by atoms with E-state index < -0.39 is 122 Å². The van der Waals surface area contributed by atoms with Crippen molar-refractivity contribution in [1.29, 1.82) is 0 Å². The van der Waals surface area contributed by atoms with Crippen LogP contribution in [0.4, 0.5) is 0 Å². The van der Waals surface area contributed by atoms with E-state index in [1.165, 1.54) is 27.2 Å². The Balaban J connectivity index is 1.77. The lowest BCUT2D eigenvalue weighted by Crippen LogP contribution is -2.61. The number of carbonyl (C=O) groups is 4. The first kappa shape index (κ1) is 49.6. The molecule has 3 aliphatic heterocycles. The maximum atomic E-state index is 14.6. The van der Waals surface area contributed by atoms with E-state index in [9.17, 15) is 34.5 Å². The number of nitrogens with zero attached hydrogens (tertiary/aromatic N) is 1. The third kappa shape index (κ3) is 15.3. The molecule has 1 aliphatic carbocycles. The summed E-state index contributed by atoms with van der Waals surface area (Å²) in [6.07, 6.45) is 8.93. The van der Waals surface area contributed by atoms with Gasteiger partial charge in [-0.2, -0.15) is 0 Å². The molecule has 4 rings (SSSR count). The number of amides is 1. The van der Waals surface area contributed by atoms with E-state index in [4.69, 9.17) is 35.3 Å². The van der Waals surface area contributed by atoms with Gasteiger partial charge in [-0.3, -0.25) is 14.4 Å². The van der Waals surface area contributed by atoms with Gasteiger partial charge in [0.05, 0.1) is 40.3 Å². The van der Waals surface area contributed by atoms with Crippen LogP contribution in [0.25, 0.3) is 0 Å². The highest BCUT2D eigenvalue weighted by atomic mass is 16.6. The highest BCUT2D eigenvalue weighted by Crippen LogP contribution is 2.38. The number of cyclic esters (lactones) is 1. The molecule has 2 saturated heterocycles. The van der Waals surface area contributed by atoms with Gasteiger partial charge in [0, 0.05) is 56.7 Å². The molecule has 1 saturated carbocycles. The number of allylic oxidation sites excluding steroid dienone is 6. The van der Waals surface area contributed by atoms with Crippen molar-refractivity contribution in [2.45, 2.75) is 180 Å². The first-order chi connectivity index (χ1) is 34.2. The topological polar surface area (TPSA) is 188 Å². The van der Waals surface area contributed by atoms with Crippen molar-refractivity contribution >= 4 is 23.4 Å². The van der Waals surface area contributed by atoms with E-state index in [1.807, 2.05) is 51.2 Å². The summed E-state index contributed by atoms with van der Waals surface area (Å²) in [4.78, 5) is 59.0. The Bertz CT molecular complexity index is 2010. The molecule has 4 aliphatic rings. The molecule has 3 fully saturated rings. The summed E-state index contributed by atoms with van der Waals surface area (Å²) in [6.45, 7) is 9.09. The number of fused-ring (bicyclic) bond motifs is 3. The molecule has 0 aromatic heterocycles. The molecule has 14 heteroatoms. The molecule has 3 heterocycles. The standard InChI is InChI=1S/C54H85NO13/c1-33-17-13-12-14-18-34(2)46(63-9)31-42-22-20-39(7)54(62,68-42)51(59)52(60)55-24-16-15-19-43(55)53(61)67-47(37(5)29-41-21-23-45(66-26-25-56)48(30-41)64-10)32-44(57)36(4)28-38(6)49(58)50(65-11)40(8)35(3)27-33/h12-14,17-18,28,33,35-37,39,41-43,45-50,56,58,62H,8,15-16,19-27,29-32H2,1-7,9-11H3/b14-12+,17-13+,34-18+,38-28+/t33-,35-,36-,37-,39-,41+,42+,43+,45-,46+,47+,48-,49-,50+,54-/m1/s1/i4D3,26D2. The van der Waals surface area contributed by atoms with E-state index in [1.54, 1.807) is 21.0 Å². The Morgan fingerprint density at radius 1 is 0.941 bits per heavy atom. The fourth-order valence-corrected chi connectivity index (χ4v) is 10.3. The van der Waals surface area contributed by atoms with Crippen LogP contribution in [0.5, 0.6) is 0 Å². The average molecular weight is 961 g/mol. The zero-order valence-electron chi connectivity index (χ0n) is 47.0. The Kier molecular flexibility index (Phi) is 19.9. The number of esters is 1. The predicted octanol–water partition coefficient (Wildman–Crippen LogP) is 7.18. The third-order valence-electron chi connectivity index (χ3n) is 14.7. The summed E-state index contributed by atoms with van der Waals surface area (Å²) in [5, 5.41) is 33.3.